The van der Waals surface area contributed by atoms with Crippen LogP contribution in [0, 0.1) is 18.8 Å². The first-order valence-corrected chi connectivity index (χ1v) is 44.2. The van der Waals surface area contributed by atoms with Crippen molar-refractivity contribution in [3.63, 3.8) is 0 Å². The van der Waals surface area contributed by atoms with Crippen LogP contribution in [0.5, 0.6) is 0 Å². The number of nitrogens with two attached hydrogens (primary N) is 4. The van der Waals surface area contributed by atoms with E-state index in [1.165, 1.54) is 53.1 Å². The standard InChI is InChI=1S/C56H79BrN16O27P4S4/c1-27(2)29-14-42(69-7-4-40(59)63-53(69)78)93-36(29)22-91-104(108,87-13-12-86-11-10-85-9-6-58)100-34-18-44(71-19-28(3)49(75)67-55(71)80)95-39(34)25-90-103(84,107)99-33-17-46(73-26-62-47-48(73)65-52(61)66-51(47)77)96-38(33)24-89-102(83,106)98-32-16-43(70-8-5-41(60)64-54(70)79)94-37(32)23-88-101(82,105)97-31-15-45(92-35(31)21-74)72-20-30(57)50(76)68-56(72)81/h4-5,7-8,19-20,26-27,29,31-39,42-46,74H,6,9-18,21-25,58H2,1-3H3,(H,82,105)(H,83,106)(H,84,107)(H2,59,63,78)(H2,60,64,79)(H,67,75,80)(H,68,76,81)(H3,61,65,66,77)/p-3/t29?,31?,32?,33?,34?,35-,36-,37-,38-,39-,42-,43-,44-,45-,46-,101?,102?,103?,104?/m1/s1. The van der Waals surface area contributed by atoms with Gasteiger partial charge in [0.15, 0.2) is 18.0 Å². The van der Waals surface area contributed by atoms with Crippen LogP contribution in [0.2, 0.25) is 0 Å². The minimum atomic E-state index is -4.88. The SMILES string of the molecule is Cc1cn([C@H]2CC(OP(=S)(OCCOCCOCCN)OC[C@H]3O[C@@H](n4ccc(N)nc4=O)CC3C(C)C)[C@@H](COP([O-])(=S)OC3C[C@H](n4cnc5c(=O)[nH]c(N)nc54)O[C@@H]3COP(=O)([S-])OC3C[C@H](n4ccc(N)nc4=O)O[C@@H]3COP([O-])(=S)OC3C[C@H](n4cc(Br)c(=O)[nH]c4=O)O[C@@H]3CO)O2)c(=O)[nH]c1=O. The first kappa shape index (κ1) is 84.0. The summed E-state index contributed by atoms with van der Waals surface area (Å²) in [5.74, 6) is -0.660. The maximum absolute atomic E-state index is 14.9. The van der Waals surface area contributed by atoms with Gasteiger partial charge in [-0.25, -0.2) is 24.2 Å². The zero-order chi connectivity index (χ0) is 77.7. The van der Waals surface area contributed by atoms with Gasteiger partial charge in [0.25, 0.3) is 16.7 Å². The molecule has 0 spiro atoms. The number of imidazole rings is 1. The number of aromatic amines is 3. The first-order valence-electron chi connectivity index (χ1n) is 33.2. The van der Waals surface area contributed by atoms with E-state index in [0.29, 0.717) is 19.6 Å². The number of nitrogen functional groups attached to an aromatic ring is 3. The van der Waals surface area contributed by atoms with Crippen molar-refractivity contribution in [1.82, 2.24) is 57.7 Å². The van der Waals surface area contributed by atoms with Gasteiger partial charge in [-0.3, -0.25) is 56.7 Å². The lowest BCUT2D eigenvalue weighted by Gasteiger charge is -2.35. The lowest BCUT2D eigenvalue weighted by molar-refractivity contribution is -0.216. The second kappa shape index (κ2) is 36.1. The molecule has 5 aliphatic rings. The Morgan fingerprint density at radius 1 is 0.602 bits per heavy atom. The molecule has 5 aliphatic heterocycles. The number of aliphatic hydroxyl groups excluding tert-OH is 1. The van der Waals surface area contributed by atoms with Crippen molar-refractivity contribution in [2.24, 2.45) is 17.6 Å². The van der Waals surface area contributed by atoms with Gasteiger partial charge in [-0.1, -0.05) is 37.5 Å². The second-order valence-electron chi connectivity index (χ2n) is 25.3. The fraction of sp³-hybridized carbons (Fsp3) is 0.625. The number of halogens is 1. The summed E-state index contributed by atoms with van der Waals surface area (Å²) >= 11 is 25.5. The number of ether oxygens (including phenoxy) is 7. The van der Waals surface area contributed by atoms with Gasteiger partial charge >= 0.3 is 29.5 Å². The Hall–Kier alpha value is -4.92. The van der Waals surface area contributed by atoms with Gasteiger partial charge in [0.2, 0.25) is 5.95 Å². The van der Waals surface area contributed by atoms with E-state index >= 15 is 0 Å². The molecule has 0 aliphatic carbocycles. The van der Waals surface area contributed by atoms with Gasteiger partial charge in [-0.05, 0) is 65.0 Å². The molecule has 9 unspecified atom stereocenters. The highest BCUT2D eigenvalue weighted by molar-refractivity contribution is 9.10. The molecule has 0 aromatic carbocycles. The van der Waals surface area contributed by atoms with Crippen molar-refractivity contribution in [1.29, 1.82) is 0 Å². The summed E-state index contributed by atoms with van der Waals surface area (Å²) in [4.78, 5) is 142. The number of H-pyrrole nitrogens is 3. The molecule has 0 amide bonds. The number of hydrogen-bond donors (Lipinski definition) is 8. The predicted octanol–water partition coefficient (Wildman–Crippen LogP) is -1.08. The monoisotopic (exact) mass is 1740 g/mol. The molecule has 0 saturated carbocycles. The number of anilines is 3. The summed E-state index contributed by atoms with van der Waals surface area (Å²) in [5.41, 5.74) is 17.5. The highest BCUT2D eigenvalue weighted by Gasteiger charge is 2.47. The summed E-state index contributed by atoms with van der Waals surface area (Å²) in [6.07, 6.45) is -11.8. The normalized spacial score (nSPS) is 28.2. The highest BCUT2D eigenvalue weighted by Crippen LogP contribution is 2.57. The Morgan fingerprint density at radius 3 is 1.64 bits per heavy atom. The van der Waals surface area contributed by atoms with Crippen molar-refractivity contribution >= 4 is 119 Å². The molecule has 6 aromatic rings. The predicted molar refractivity (Wildman–Crippen MR) is 389 cm³/mol. The van der Waals surface area contributed by atoms with E-state index < -0.39 is 179 Å². The average molecular weight is 1740 g/mol. The largest absolute Gasteiger partial charge is 0.780 e. The minimum absolute atomic E-state index is 0.0191. The Labute approximate surface area is 639 Å². The second-order valence-corrected chi connectivity index (χ2v) is 37.2. The van der Waals surface area contributed by atoms with Crippen molar-refractivity contribution < 1.29 is 93.3 Å². The molecule has 11 rings (SSSR count). The molecule has 52 heteroatoms. The van der Waals surface area contributed by atoms with E-state index in [1.807, 2.05) is 13.8 Å². The molecule has 596 valence electrons. The summed E-state index contributed by atoms with van der Waals surface area (Å²) in [6.45, 7) is -15.6. The maximum Gasteiger partial charge on any atom is 0.351 e. The molecule has 108 heavy (non-hydrogen) atoms. The van der Waals surface area contributed by atoms with Crippen LogP contribution in [0.4, 0.5) is 17.6 Å². The smallest absolute Gasteiger partial charge is 0.351 e. The van der Waals surface area contributed by atoms with E-state index in [4.69, 9.17) is 144 Å². The van der Waals surface area contributed by atoms with E-state index in [1.54, 1.807) is 0 Å². The number of fused-ring (bicyclic) bond motifs is 1. The Bertz CT molecular complexity index is 4850. The molecule has 12 N–H and O–H groups in total. The number of aryl methyl sites for hydroxylation is 1. The van der Waals surface area contributed by atoms with Crippen LogP contribution >= 0.6 is 42.9 Å². The molecule has 0 radical (unpaired) electrons. The maximum atomic E-state index is 14.9. The van der Waals surface area contributed by atoms with E-state index in [2.05, 4.69) is 50.8 Å². The van der Waals surface area contributed by atoms with Gasteiger partial charge in [0, 0.05) is 62.6 Å². The molecule has 6 aromatic heterocycles. The third-order valence-electron chi connectivity index (χ3n) is 17.6. The number of aliphatic hydroxyl groups is 1. The van der Waals surface area contributed by atoms with Crippen LogP contribution in [0.1, 0.15) is 82.7 Å². The third-order valence-corrected chi connectivity index (χ3v) is 25.2. The van der Waals surface area contributed by atoms with E-state index in [-0.39, 0.29) is 109 Å². The summed E-state index contributed by atoms with van der Waals surface area (Å²) in [7, 11) is 0. The fourth-order valence-electron chi connectivity index (χ4n) is 12.4. The number of nitrogens with zero attached hydrogens (tertiary/aromatic N) is 9. The Balaban J connectivity index is 0.816. The van der Waals surface area contributed by atoms with Crippen molar-refractivity contribution in [3.8, 4) is 0 Å². The third kappa shape index (κ3) is 21.1. The van der Waals surface area contributed by atoms with Crippen LogP contribution in [0.3, 0.4) is 0 Å². The number of hydrogen-bond acceptors (Lipinski definition) is 39. The van der Waals surface area contributed by atoms with Crippen molar-refractivity contribution in [3.05, 3.63) is 126 Å². The van der Waals surface area contributed by atoms with E-state index in [9.17, 15) is 53.0 Å². The lowest BCUT2D eigenvalue weighted by Crippen LogP contribution is -2.34. The Kier molecular flexibility index (Phi) is 28.0. The molecular formula is C56H76BrN16O27P4S4-3. The zero-order valence-corrected chi connectivity index (χ0v) is 65.7. The molecular weight excluding hydrogens is 1660 g/mol. The van der Waals surface area contributed by atoms with Gasteiger partial charge in [0.05, 0.1) is 107 Å². The van der Waals surface area contributed by atoms with Crippen LogP contribution in [-0.4, -0.2) is 190 Å². The van der Waals surface area contributed by atoms with Crippen molar-refractivity contribution in [2.45, 2.75) is 139 Å². The molecule has 0 bridgehead atoms. The Morgan fingerprint density at radius 2 is 1.07 bits per heavy atom. The number of aromatic nitrogens is 12. The van der Waals surface area contributed by atoms with Crippen LogP contribution in [0.15, 0.2) is 81.3 Å². The fourth-order valence-corrected chi connectivity index (χ4v) is 19.2. The topological polar surface area (TPSA) is 578 Å². The minimum Gasteiger partial charge on any atom is -0.780 e. The van der Waals surface area contributed by atoms with Gasteiger partial charge in [-0.2, -0.15) is 15.0 Å². The van der Waals surface area contributed by atoms with Crippen LogP contribution in [0.25, 0.3) is 11.2 Å². The summed E-state index contributed by atoms with van der Waals surface area (Å²) in [6, 6.07) is 2.75. The molecule has 19 atom stereocenters. The summed E-state index contributed by atoms with van der Waals surface area (Å²) in [5, 5.41) is 10.2. The molecule has 43 nitrogen and oxygen atoms in total. The van der Waals surface area contributed by atoms with Gasteiger partial charge < -0.3 is 124 Å². The zero-order valence-electron chi connectivity index (χ0n) is 57.3. The van der Waals surface area contributed by atoms with Crippen LogP contribution < -0.4 is 72.2 Å². The molecule has 11 heterocycles. The summed E-state index contributed by atoms with van der Waals surface area (Å²) < 4.78 is 117. The quantitative estimate of drug-likeness (QED) is 0.0132. The number of rotatable bonds is 36. The van der Waals surface area contributed by atoms with E-state index in [0.717, 1.165) is 19.9 Å². The van der Waals surface area contributed by atoms with Gasteiger partial charge in [0.1, 0.15) is 80.6 Å². The average Bonchev–Trinajstić information content (AvgIpc) is 1.62. The van der Waals surface area contributed by atoms with Gasteiger partial charge in [-0.15, -0.1) is 0 Å². The van der Waals surface area contributed by atoms with Crippen molar-refractivity contribution in [2.75, 3.05) is 89.8 Å². The first-order chi connectivity index (χ1) is 51.2. The molecule has 5 saturated heterocycles. The number of nitrogens with one attached hydrogen (secondary N) is 3. The van der Waals surface area contributed by atoms with Crippen LogP contribution in [-0.2, 0) is 126 Å². The lowest BCUT2D eigenvalue weighted by atomic mass is 9.89. The highest BCUT2D eigenvalue weighted by atomic mass is 79.9. The molecule has 5 fully saturated rings.